The van der Waals surface area contributed by atoms with Crippen LogP contribution in [0.1, 0.15) is 43.7 Å². The van der Waals surface area contributed by atoms with Gasteiger partial charge >= 0.3 is 0 Å². The van der Waals surface area contributed by atoms with Crippen molar-refractivity contribution in [1.82, 2.24) is 0 Å². The Morgan fingerprint density at radius 3 is 2.10 bits per heavy atom. The number of rotatable bonds is 2. The molecular formula is C17H20BrF2N. The lowest BCUT2D eigenvalue weighted by Gasteiger charge is -2.56. The van der Waals surface area contributed by atoms with Crippen LogP contribution in [-0.4, -0.2) is 0 Å². The van der Waals surface area contributed by atoms with E-state index in [1.165, 1.54) is 44.2 Å². The summed E-state index contributed by atoms with van der Waals surface area (Å²) in [6.07, 6.45) is 6.35. The van der Waals surface area contributed by atoms with Crippen LogP contribution >= 0.6 is 15.9 Å². The van der Waals surface area contributed by atoms with Crippen LogP contribution in [0.5, 0.6) is 0 Å². The number of benzene rings is 1. The van der Waals surface area contributed by atoms with E-state index in [9.17, 15) is 8.78 Å². The topological polar surface area (TPSA) is 26.0 Å². The number of hydrogen-bond acceptors (Lipinski definition) is 1. The van der Waals surface area contributed by atoms with Crippen LogP contribution in [-0.2, 0) is 0 Å². The van der Waals surface area contributed by atoms with Crippen LogP contribution in [0.3, 0.4) is 0 Å². The molecule has 4 bridgehead atoms. The molecule has 1 unspecified atom stereocenters. The van der Waals surface area contributed by atoms with Gasteiger partial charge in [0.2, 0.25) is 0 Å². The highest BCUT2D eigenvalue weighted by atomic mass is 79.9. The molecule has 0 aliphatic heterocycles. The summed E-state index contributed by atoms with van der Waals surface area (Å²) in [7, 11) is 0. The molecule has 114 valence electrons. The van der Waals surface area contributed by atoms with Gasteiger partial charge in [-0.3, -0.25) is 0 Å². The van der Waals surface area contributed by atoms with Gasteiger partial charge < -0.3 is 5.73 Å². The van der Waals surface area contributed by atoms with Gasteiger partial charge in [0, 0.05) is 11.6 Å². The second kappa shape index (κ2) is 5.02. The Balaban J connectivity index is 1.66. The van der Waals surface area contributed by atoms with Crippen molar-refractivity contribution in [2.45, 2.75) is 38.1 Å². The molecule has 0 saturated heterocycles. The van der Waals surface area contributed by atoms with Crippen LogP contribution < -0.4 is 5.73 Å². The molecule has 1 aromatic rings. The van der Waals surface area contributed by atoms with Crippen LogP contribution in [0.25, 0.3) is 0 Å². The summed E-state index contributed by atoms with van der Waals surface area (Å²) in [5.74, 6) is 2.47. The zero-order valence-corrected chi connectivity index (χ0v) is 13.5. The minimum Gasteiger partial charge on any atom is -0.324 e. The SMILES string of the molecule is NC(c1cc(F)c(Br)cc1F)C1C2CC3CC(C2)CC1C3. The van der Waals surface area contributed by atoms with E-state index >= 15 is 0 Å². The number of hydrogen-bond donors (Lipinski definition) is 1. The Labute approximate surface area is 132 Å². The molecule has 2 N–H and O–H groups in total. The predicted molar refractivity (Wildman–Crippen MR) is 81.5 cm³/mol. The highest BCUT2D eigenvalue weighted by molar-refractivity contribution is 9.10. The summed E-state index contributed by atoms with van der Waals surface area (Å²) in [6.45, 7) is 0. The molecule has 0 aromatic heterocycles. The van der Waals surface area contributed by atoms with Crippen LogP contribution in [0.15, 0.2) is 16.6 Å². The summed E-state index contributed by atoms with van der Waals surface area (Å²) in [4.78, 5) is 0. The summed E-state index contributed by atoms with van der Waals surface area (Å²) in [5.41, 5.74) is 6.77. The second-order valence-corrected chi connectivity index (χ2v) is 8.18. The van der Waals surface area contributed by atoms with E-state index in [1.807, 2.05) is 0 Å². The lowest BCUT2D eigenvalue weighted by molar-refractivity contribution is -0.0475. The van der Waals surface area contributed by atoms with E-state index in [4.69, 9.17) is 5.73 Å². The average molecular weight is 356 g/mol. The molecule has 0 heterocycles. The Morgan fingerprint density at radius 2 is 1.52 bits per heavy atom. The maximum atomic E-state index is 14.2. The first-order chi connectivity index (χ1) is 10.0. The summed E-state index contributed by atoms with van der Waals surface area (Å²) in [6, 6.07) is 2.12. The number of halogens is 3. The molecule has 4 aliphatic carbocycles. The molecular weight excluding hydrogens is 336 g/mol. The fourth-order valence-electron chi connectivity index (χ4n) is 5.55. The highest BCUT2D eigenvalue weighted by Crippen LogP contribution is 2.59. The zero-order chi connectivity index (χ0) is 14.7. The van der Waals surface area contributed by atoms with Crippen molar-refractivity contribution in [1.29, 1.82) is 0 Å². The van der Waals surface area contributed by atoms with Crippen LogP contribution in [0, 0.1) is 41.2 Å². The van der Waals surface area contributed by atoms with Gasteiger partial charge in [0.25, 0.3) is 0 Å². The molecule has 0 amide bonds. The van der Waals surface area contributed by atoms with Crippen molar-refractivity contribution >= 4 is 15.9 Å². The molecule has 1 nitrogen and oxygen atoms in total. The molecule has 4 heteroatoms. The third kappa shape index (κ3) is 2.26. The average Bonchev–Trinajstić information content (AvgIpc) is 2.41. The van der Waals surface area contributed by atoms with E-state index in [2.05, 4.69) is 15.9 Å². The van der Waals surface area contributed by atoms with Gasteiger partial charge in [-0.25, -0.2) is 8.78 Å². The summed E-state index contributed by atoms with van der Waals surface area (Å²) >= 11 is 3.03. The van der Waals surface area contributed by atoms with E-state index in [1.54, 1.807) is 0 Å². The van der Waals surface area contributed by atoms with Crippen molar-refractivity contribution in [3.8, 4) is 0 Å². The Bertz CT molecular complexity index is 546. The molecule has 4 aliphatic rings. The quantitative estimate of drug-likeness (QED) is 0.757. The van der Waals surface area contributed by atoms with Gasteiger partial charge in [-0.2, -0.15) is 0 Å². The standard InChI is InChI=1S/C17H20BrF2N/c18-13-7-14(19)12(6-15(13)20)17(21)16-10-2-8-1-9(4-10)5-11(16)3-8/h6-11,16-17H,1-5,21H2. The lowest BCUT2D eigenvalue weighted by Crippen LogP contribution is -2.48. The van der Waals surface area contributed by atoms with E-state index in [-0.39, 0.29) is 16.3 Å². The maximum absolute atomic E-state index is 14.2. The highest BCUT2D eigenvalue weighted by Gasteiger charge is 2.50. The fourth-order valence-corrected chi connectivity index (χ4v) is 5.87. The first kappa shape index (κ1) is 14.1. The predicted octanol–water partition coefficient (Wildman–Crippen LogP) is 4.80. The van der Waals surface area contributed by atoms with E-state index in [0.717, 1.165) is 11.8 Å². The van der Waals surface area contributed by atoms with Crippen molar-refractivity contribution in [2.24, 2.45) is 35.3 Å². The van der Waals surface area contributed by atoms with Gasteiger partial charge in [-0.1, -0.05) is 0 Å². The molecule has 0 radical (unpaired) electrons. The number of nitrogens with two attached hydrogens (primary N) is 1. The molecule has 5 rings (SSSR count). The first-order valence-corrected chi connectivity index (χ1v) is 8.72. The fraction of sp³-hybridized carbons (Fsp3) is 0.647. The van der Waals surface area contributed by atoms with Gasteiger partial charge in [-0.15, -0.1) is 0 Å². The van der Waals surface area contributed by atoms with Crippen molar-refractivity contribution in [3.05, 3.63) is 33.8 Å². The lowest BCUT2D eigenvalue weighted by atomic mass is 9.50. The van der Waals surface area contributed by atoms with Crippen molar-refractivity contribution in [3.63, 3.8) is 0 Å². The van der Waals surface area contributed by atoms with Crippen molar-refractivity contribution < 1.29 is 8.78 Å². The molecule has 1 atom stereocenters. The Morgan fingerprint density at radius 1 is 0.952 bits per heavy atom. The third-order valence-electron chi connectivity index (χ3n) is 6.11. The monoisotopic (exact) mass is 355 g/mol. The molecule has 0 spiro atoms. The van der Waals surface area contributed by atoms with Crippen molar-refractivity contribution in [2.75, 3.05) is 0 Å². The first-order valence-electron chi connectivity index (χ1n) is 7.93. The minimum atomic E-state index is -0.425. The van der Waals surface area contributed by atoms with Gasteiger partial charge in [-0.05, 0) is 89.8 Å². The largest absolute Gasteiger partial charge is 0.324 e. The van der Waals surface area contributed by atoms with E-state index < -0.39 is 5.82 Å². The van der Waals surface area contributed by atoms with Gasteiger partial charge in [0.05, 0.1) is 4.47 Å². The summed E-state index contributed by atoms with van der Waals surface area (Å²) < 4.78 is 28.2. The second-order valence-electron chi connectivity index (χ2n) is 7.32. The molecule has 4 fully saturated rings. The smallest absolute Gasteiger partial charge is 0.137 e. The Kier molecular flexibility index (Phi) is 3.38. The zero-order valence-electron chi connectivity index (χ0n) is 11.9. The Hall–Kier alpha value is -0.480. The molecule has 1 aromatic carbocycles. The van der Waals surface area contributed by atoms with E-state index in [0.29, 0.717) is 23.3 Å². The third-order valence-corrected chi connectivity index (χ3v) is 6.72. The van der Waals surface area contributed by atoms with Crippen LogP contribution in [0.2, 0.25) is 0 Å². The van der Waals surface area contributed by atoms with Gasteiger partial charge in [0.15, 0.2) is 0 Å². The normalized spacial score (nSPS) is 38.8. The molecule has 4 saturated carbocycles. The minimum absolute atomic E-state index is 0.168. The summed E-state index contributed by atoms with van der Waals surface area (Å²) in [5, 5.41) is 0. The van der Waals surface area contributed by atoms with Gasteiger partial charge in [0.1, 0.15) is 11.6 Å². The van der Waals surface area contributed by atoms with Crippen LogP contribution in [0.4, 0.5) is 8.78 Å². The molecule has 21 heavy (non-hydrogen) atoms. The maximum Gasteiger partial charge on any atom is 0.137 e.